The van der Waals surface area contributed by atoms with Crippen LogP contribution < -0.4 is 10.1 Å². The fourth-order valence-corrected chi connectivity index (χ4v) is 2.41. The molecule has 0 aliphatic heterocycles. The predicted octanol–water partition coefficient (Wildman–Crippen LogP) is 3.17. The van der Waals surface area contributed by atoms with Gasteiger partial charge in [0, 0.05) is 6.07 Å². The third kappa shape index (κ3) is 5.03. The van der Waals surface area contributed by atoms with Crippen LogP contribution in [-0.4, -0.2) is 30.0 Å². The summed E-state index contributed by atoms with van der Waals surface area (Å²) in [5.74, 6) is -1.84. The Bertz CT molecular complexity index is 884. The van der Waals surface area contributed by atoms with Crippen molar-refractivity contribution in [2.24, 2.45) is 0 Å². The highest BCUT2D eigenvalue weighted by Crippen LogP contribution is 2.28. The molecule has 148 valence electrons. The predicted molar refractivity (Wildman–Crippen MR) is 97.5 cm³/mol. The number of rotatable bonds is 7. The number of nitrogens with one attached hydrogen (secondary N) is 1. The summed E-state index contributed by atoms with van der Waals surface area (Å²) in [6, 6.07) is 8.79. The van der Waals surface area contributed by atoms with Gasteiger partial charge >= 0.3 is 11.7 Å². The minimum absolute atomic E-state index is 0.000430. The topological polar surface area (TPSA) is 108 Å². The van der Waals surface area contributed by atoms with E-state index in [-0.39, 0.29) is 17.0 Å². The first-order valence-corrected chi connectivity index (χ1v) is 8.32. The van der Waals surface area contributed by atoms with Gasteiger partial charge in [0.2, 0.25) is 0 Å². The van der Waals surface area contributed by atoms with E-state index in [1.165, 1.54) is 50.4 Å². The Balaban J connectivity index is 2.03. The number of benzene rings is 2. The molecule has 0 aromatic heterocycles. The van der Waals surface area contributed by atoms with E-state index in [0.29, 0.717) is 5.56 Å². The Kier molecular flexibility index (Phi) is 6.64. The van der Waals surface area contributed by atoms with E-state index < -0.39 is 34.8 Å². The van der Waals surface area contributed by atoms with Crippen LogP contribution in [0.15, 0.2) is 42.5 Å². The normalized spacial score (nSPS) is 12.6. The van der Waals surface area contributed by atoms with Gasteiger partial charge in [0.1, 0.15) is 5.82 Å². The van der Waals surface area contributed by atoms with Crippen LogP contribution in [0.2, 0.25) is 0 Å². The Morgan fingerprint density at radius 3 is 2.36 bits per heavy atom. The summed E-state index contributed by atoms with van der Waals surface area (Å²) >= 11 is 0. The van der Waals surface area contributed by atoms with Crippen molar-refractivity contribution in [1.82, 2.24) is 5.32 Å². The number of ether oxygens (including phenoxy) is 2. The van der Waals surface area contributed by atoms with Crippen LogP contribution in [-0.2, 0) is 9.53 Å². The van der Waals surface area contributed by atoms with Gasteiger partial charge in [-0.1, -0.05) is 12.1 Å². The largest absolute Gasteiger partial charge is 0.490 e. The average molecular weight is 390 g/mol. The molecular formula is C19H19FN2O6. The second-order valence-corrected chi connectivity index (χ2v) is 5.97. The van der Waals surface area contributed by atoms with Crippen molar-refractivity contribution in [1.29, 1.82) is 0 Å². The second-order valence-electron chi connectivity index (χ2n) is 5.97. The fraction of sp³-hybridized carbons (Fsp3) is 0.263. The number of esters is 1. The summed E-state index contributed by atoms with van der Waals surface area (Å²) in [4.78, 5) is 34.8. The first kappa shape index (κ1) is 20.8. The minimum atomic E-state index is -1.14. The van der Waals surface area contributed by atoms with Crippen LogP contribution in [0.3, 0.4) is 0 Å². The monoisotopic (exact) mass is 390 g/mol. The molecule has 0 saturated heterocycles. The first-order chi connectivity index (χ1) is 13.2. The molecule has 0 heterocycles. The van der Waals surface area contributed by atoms with Gasteiger partial charge in [0.25, 0.3) is 5.91 Å². The van der Waals surface area contributed by atoms with E-state index in [1.54, 1.807) is 6.92 Å². The molecule has 2 aromatic carbocycles. The molecule has 0 saturated carbocycles. The molecule has 2 aromatic rings. The molecule has 1 N–H and O–H groups in total. The molecule has 2 unspecified atom stereocenters. The molecule has 0 spiro atoms. The molecule has 9 heteroatoms. The van der Waals surface area contributed by atoms with E-state index in [2.05, 4.69) is 5.32 Å². The number of nitrogens with zero attached hydrogens (tertiary/aromatic N) is 1. The zero-order valence-electron chi connectivity index (χ0n) is 15.5. The van der Waals surface area contributed by atoms with Gasteiger partial charge in [-0.2, -0.15) is 0 Å². The van der Waals surface area contributed by atoms with Gasteiger partial charge in [-0.15, -0.1) is 0 Å². The lowest BCUT2D eigenvalue weighted by Gasteiger charge is -2.18. The van der Waals surface area contributed by atoms with Crippen LogP contribution in [0.5, 0.6) is 5.75 Å². The zero-order chi connectivity index (χ0) is 20.8. The highest BCUT2D eigenvalue weighted by Gasteiger charge is 2.23. The number of amides is 1. The summed E-state index contributed by atoms with van der Waals surface area (Å²) in [6.45, 7) is 3.08. The average Bonchev–Trinajstić information content (AvgIpc) is 2.67. The Hall–Kier alpha value is -3.49. The lowest BCUT2D eigenvalue weighted by molar-refractivity contribution is -0.385. The zero-order valence-corrected chi connectivity index (χ0v) is 15.5. The van der Waals surface area contributed by atoms with E-state index >= 15 is 0 Å². The number of nitro groups is 1. The van der Waals surface area contributed by atoms with E-state index in [9.17, 15) is 24.1 Å². The molecule has 1 amide bonds. The van der Waals surface area contributed by atoms with Crippen LogP contribution in [0, 0.1) is 15.9 Å². The summed E-state index contributed by atoms with van der Waals surface area (Å²) in [7, 11) is 1.27. The van der Waals surface area contributed by atoms with Crippen molar-refractivity contribution in [3.8, 4) is 5.75 Å². The number of carbonyl (C=O) groups excluding carboxylic acids is 2. The third-order valence-corrected chi connectivity index (χ3v) is 3.99. The Morgan fingerprint density at radius 1 is 1.14 bits per heavy atom. The number of hydrogen-bond donors (Lipinski definition) is 1. The summed E-state index contributed by atoms with van der Waals surface area (Å²) in [6.07, 6.45) is -1.14. The van der Waals surface area contributed by atoms with Crippen LogP contribution in [0.1, 0.15) is 35.8 Å². The van der Waals surface area contributed by atoms with Gasteiger partial charge in [-0.05, 0) is 43.7 Å². The van der Waals surface area contributed by atoms with Crippen LogP contribution in [0.25, 0.3) is 0 Å². The Morgan fingerprint density at radius 2 is 1.79 bits per heavy atom. The number of nitro benzene ring substituents is 1. The lowest BCUT2D eigenvalue weighted by Crippen LogP contribution is -2.37. The fourth-order valence-electron chi connectivity index (χ4n) is 2.41. The maximum Gasteiger partial charge on any atom is 0.339 e. The van der Waals surface area contributed by atoms with Crippen LogP contribution >= 0.6 is 0 Å². The first-order valence-electron chi connectivity index (χ1n) is 8.32. The molecule has 2 atom stereocenters. The van der Waals surface area contributed by atoms with Crippen molar-refractivity contribution in [3.63, 3.8) is 0 Å². The smallest absolute Gasteiger partial charge is 0.339 e. The van der Waals surface area contributed by atoms with E-state index in [1.807, 2.05) is 0 Å². The molecule has 0 radical (unpaired) electrons. The van der Waals surface area contributed by atoms with Crippen molar-refractivity contribution < 1.29 is 28.4 Å². The van der Waals surface area contributed by atoms with Crippen molar-refractivity contribution in [3.05, 3.63) is 69.5 Å². The molecule has 2 rings (SSSR count). The summed E-state index contributed by atoms with van der Waals surface area (Å²) in [5.41, 5.74) is 0.205. The van der Waals surface area contributed by atoms with E-state index in [0.717, 1.165) is 6.07 Å². The lowest BCUT2D eigenvalue weighted by atomic mass is 10.1. The molecule has 28 heavy (non-hydrogen) atoms. The molecule has 0 bridgehead atoms. The van der Waals surface area contributed by atoms with E-state index in [4.69, 9.17) is 9.47 Å². The maximum absolute atomic E-state index is 13.0. The van der Waals surface area contributed by atoms with Crippen molar-refractivity contribution in [2.75, 3.05) is 7.11 Å². The molecule has 8 nitrogen and oxygen atoms in total. The van der Waals surface area contributed by atoms with Gasteiger partial charge in [-0.25, -0.2) is 9.18 Å². The van der Waals surface area contributed by atoms with Crippen molar-refractivity contribution in [2.45, 2.75) is 26.0 Å². The summed E-state index contributed by atoms with van der Waals surface area (Å²) in [5, 5.41) is 13.7. The third-order valence-electron chi connectivity index (χ3n) is 3.99. The maximum atomic E-state index is 13.0. The Labute approximate surface area is 160 Å². The van der Waals surface area contributed by atoms with Gasteiger partial charge in [-0.3, -0.25) is 14.9 Å². The second kappa shape index (κ2) is 8.94. The SMILES string of the molecule is COc1ccc(C(=O)OC(C)C(=O)NC(C)c2ccc(F)cc2)cc1[N+](=O)[O-]. The number of halogens is 1. The highest BCUT2D eigenvalue weighted by atomic mass is 19.1. The van der Waals surface area contributed by atoms with Gasteiger partial charge in [0.15, 0.2) is 11.9 Å². The molecule has 0 aliphatic rings. The van der Waals surface area contributed by atoms with Gasteiger partial charge in [0.05, 0.1) is 23.6 Å². The minimum Gasteiger partial charge on any atom is -0.490 e. The molecule has 0 fully saturated rings. The number of carbonyl (C=O) groups is 2. The van der Waals surface area contributed by atoms with Gasteiger partial charge < -0.3 is 14.8 Å². The summed E-state index contributed by atoms with van der Waals surface area (Å²) < 4.78 is 22.9. The molecule has 0 aliphatic carbocycles. The van der Waals surface area contributed by atoms with Crippen LogP contribution in [0.4, 0.5) is 10.1 Å². The standard InChI is InChI=1S/C19H19FN2O6/c1-11(13-4-7-15(20)8-5-13)21-18(23)12(2)28-19(24)14-6-9-17(27-3)16(10-14)22(25)26/h4-12H,1-3H3,(H,21,23). The quantitative estimate of drug-likeness (QED) is 0.442. The number of hydrogen-bond acceptors (Lipinski definition) is 6. The number of methoxy groups -OCH3 is 1. The van der Waals surface area contributed by atoms with Crippen molar-refractivity contribution >= 4 is 17.6 Å². The molecular weight excluding hydrogens is 371 g/mol. The highest BCUT2D eigenvalue weighted by molar-refractivity contribution is 5.93.